The van der Waals surface area contributed by atoms with Crippen LogP contribution in [0.15, 0.2) is 78.4 Å². The lowest BCUT2D eigenvalue weighted by Crippen LogP contribution is -2.10. The number of benzene rings is 3. The van der Waals surface area contributed by atoms with E-state index < -0.39 is 5.97 Å². The highest BCUT2D eigenvalue weighted by Crippen LogP contribution is 2.34. The summed E-state index contributed by atoms with van der Waals surface area (Å²) in [5.74, 6) is -2.05. The van der Waals surface area contributed by atoms with Crippen LogP contribution in [-0.2, 0) is 4.79 Å². The van der Waals surface area contributed by atoms with Gasteiger partial charge in [-0.15, -0.1) is 0 Å². The quantitative estimate of drug-likeness (QED) is 0.477. The van der Waals surface area contributed by atoms with Crippen molar-refractivity contribution in [1.82, 2.24) is 0 Å². The van der Waals surface area contributed by atoms with Crippen LogP contribution in [0, 0.1) is 23.0 Å². The Hall–Kier alpha value is -3.98. The predicted octanol–water partition coefficient (Wildman–Crippen LogP) is 5.43. The smallest absolute Gasteiger partial charge is 0.346 e. The first-order valence-electron chi connectivity index (χ1n) is 8.24. The van der Waals surface area contributed by atoms with Gasteiger partial charge in [-0.1, -0.05) is 12.1 Å². The summed E-state index contributed by atoms with van der Waals surface area (Å²) < 4.78 is 26.7. The van der Waals surface area contributed by atoms with E-state index in [-0.39, 0.29) is 17.2 Å². The van der Waals surface area contributed by atoms with Crippen molar-refractivity contribution in [2.24, 2.45) is 0 Å². The molecule has 0 aliphatic rings. The Kier molecular flexibility index (Phi) is 5.47. The van der Waals surface area contributed by atoms with Gasteiger partial charge in [0.15, 0.2) is 0 Å². The third-order valence-corrected chi connectivity index (χ3v) is 3.98. The second-order valence-electron chi connectivity index (χ2n) is 5.85. The number of carbonyl (C=O) groups is 1. The van der Waals surface area contributed by atoms with Crippen LogP contribution in [0.5, 0.6) is 0 Å². The van der Waals surface area contributed by atoms with Crippen molar-refractivity contribution < 1.29 is 18.7 Å². The van der Waals surface area contributed by atoms with Crippen LogP contribution in [-0.4, -0.2) is 11.1 Å². The molecule has 0 aromatic heterocycles. The molecule has 0 saturated heterocycles. The van der Waals surface area contributed by atoms with Crippen LogP contribution in [0.1, 0.15) is 5.56 Å². The average Bonchev–Trinajstić information content (AvgIpc) is 2.70. The molecule has 0 spiro atoms. The van der Waals surface area contributed by atoms with Crippen LogP contribution in [0.2, 0.25) is 0 Å². The molecule has 3 aromatic rings. The molecule has 0 aliphatic heterocycles. The van der Waals surface area contributed by atoms with Crippen LogP contribution in [0.4, 0.5) is 25.8 Å². The average molecular weight is 376 g/mol. The maximum absolute atomic E-state index is 13.3. The number of nitrogens with zero attached hydrogens (tertiary/aromatic N) is 2. The van der Waals surface area contributed by atoms with E-state index in [1.54, 1.807) is 59.5 Å². The first-order chi connectivity index (χ1) is 13.5. The zero-order chi connectivity index (χ0) is 20.1. The lowest BCUT2D eigenvalue weighted by atomic mass is 10.1. The predicted molar refractivity (Wildman–Crippen MR) is 102 cm³/mol. The largest absolute Gasteiger partial charge is 0.477 e. The third-order valence-electron chi connectivity index (χ3n) is 3.98. The molecule has 3 rings (SSSR count). The maximum atomic E-state index is 13.3. The van der Waals surface area contributed by atoms with Gasteiger partial charge < -0.3 is 10.0 Å². The highest BCUT2D eigenvalue weighted by atomic mass is 19.1. The number of hydrogen-bond donors (Lipinski definition) is 1. The number of anilines is 3. The fourth-order valence-electron chi connectivity index (χ4n) is 2.66. The first-order valence-corrected chi connectivity index (χ1v) is 8.24. The Balaban J connectivity index is 2.03. The zero-order valence-corrected chi connectivity index (χ0v) is 14.5. The van der Waals surface area contributed by atoms with Gasteiger partial charge in [-0.2, -0.15) is 5.26 Å². The van der Waals surface area contributed by atoms with Gasteiger partial charge in [0.25, 0.3) is 0 Å². The standard InChI is InChI=1S/C22H14F2N2O2/c23-17-3-9-20(10-4-17)26(21-11-5-18(24)6-12-21)19-7-1-15(2-8-19)13-16(14-25)22(27)28/h1-13H,(H,27,28)/b16-13+. The van der Waals surface area contributed by atoms with E-state index in [4.69, 9.17) is 10.4 Å². The van der Waals surface area contributed by atoms with Crippen molar-refractivity contribution in [1.29, 1.82) is 5.26 Å². The summed E-state index contributed by atoms with van der Waals surface area (Å²) in [7, 11) is 0. The summed E-state index contributed by atoms with van der Waals surface area (Å²) in [6.45, 7) is 0. The highest BCUT2D eigenvalue weighted by Gasteiger charge is 2.13. The van der Waals surface area contributed by atoms with E-state index >= 15 is 0 Å². The van der Waals surface area contributed by atoms with Crippen LogP contribution < -0.4 is 4.90 Å². The molecule has 0 unspecified atom stereocenters. The number of halogens is 2. The summed E-state index contributed by atoms with van der Waals surface area (Å²) >= 11 is 0. The van der Waals surface area contributed by atoms with E-state index in [1.807, 2.05) is 0 Å². The molecule has 3 aromatic carbocycles. The van der Waals surface area contributed by atoms with E-state index in [9.17, 15) is 13.6 Å². The van der Waals surface area contributed by atoms with Crippen molar-refractivity contribution in [2.75, 3.05) is 4.90 Å². The molecule has 4 nitrogen and oxygen atoms in total. The normalized spacial score (nSPS) is 11.0. The van der Waals surface area contributed by atoms with Gasteiger partial charge in [-0.3, -0.25) is 0 Å². The van der Waals surface area contributed by atoms with Crippen molar-refractivity contribution in [2.45, 2.75) is 0 Å². The second-order valence-corrected chi connectivity index (χ2v) is 5.85. The second kappa shape index (κ2) is 8.14. The summed E-state index contributed by atoms with van der Waals surface area (Å²) in [6, 6.07) is 20.1. The van der Waals surface area contributed by atoms with E-state index in [0.717, 1.165) is 0 Å². The molecule has 138 valence electrons. The molecular weight excluding hydrogens is 362 g/mol. The lowest BCUT2D eigenvalue weighted by molar-refractivity contribution is -0.132. The molecule has 28 heavy (non-hydrogen) atoms. The Morgan fingerprint density at radius 1 is 0.821 bits per heavy atom. The summed E-state index contributed by atoms with van der Waals surface area (Å²) in [6.07, 6.45) is 1.27. The molecule has 0 bridgehead atoms. The molecule has 0 radical (unpaired) electrons. The van der Waals surface area contributed by atoms with Gasteiger partial charge in [0, 0.05) is 17.1 Å². The number of carboxylic acid groups (broad SMARTS) is 1. The SMILES string of the molecule is N#C/C(=C\c1ccc(N(c2ccc(F)cc2)c2ccc(F)cc2)cc1)C(=O)O. The number of rotatable bonds is 5. The van der Waals surface area contributed by atoms with Gasteiger partial charge >= 0.3 is 5.97 Å². The molecule has 0 heterocycles. The van der Waals surface area contributed by atoms with E-state index in [0.29, 0.717) is 22.6 Å². The van der Waals surface area contributed by atoms with Crippen LogP contribution in [0.25, 0.3) is 6.08 Å². The molecule has 0 atom stereocenters. The summed E-state index contributed by atoms with van der Waals surface area (Å²) in [5, 5.41) is 17.8. The lowest BCUT2D eigenvalue weighted by Gasteiger charge is -2.25. The topological polar surface area (TPSA) is 64.3 Å². The minimum Gasteiger partial charge on any atom is -0.477 e. The fraction of sp³-hybridized carbons (Fsp3) is 0. The molecule has 1 N–H and O–H groups in total. The van der Waals surface area contributed by atoms with Crippen molar-refractivity contribution in [3.8, 4) is 6.07 Å². The van der Waals surface area contributed by atoms with Crippen molar-refractivity contribution in [3.63, 3.8) is 0 Å². The fourth-order valence-corrected chi connectivity index (χ4v) is 2.66. The Morgan fingerprint density at radius 3 is 1.57 bits per heavy atom. The highest BCUT2D eigenvalue weighted by molar-refractivity contribution is 5.96. The monoisotopic (exact) mass is 376 g/mol. The van der Waals surface area contributed by atoms with Crippen LogP contribution in [0.3, 0.4) is 0 Å². The van der Waals surface area contributed by atoms with Crippen molar-refractivity contribution >= 4 is 29.1 Å². The van der Waals surface area contributed by atoms with Gasteiger partial charge in [-0.05, 0) is 72.3 Å². The molecule has 0 saturated carbocycles. The Bertz CT molecular complexity index is 1010. The van der Waals surface area contributed by atoms with E-state index in [2.05, 4.69) is 0 Å². The van der Waals surface area contributed by atoms with Gasteiger partial charge in [0.2, 0.25) is 0 Å². The summed E-state index contributed by atoms with van der Waals surface area (Å²) in [5.41, 5.74) is 2.20. The zero-order valence-electron chi connectivity index (χ0n) is 14.5. The summed E-state index contributed by atoms with van der Waals surface area (Å²) in [4.78, 5) is 12.8. The molecule has 0 fully saturated rings. The van der Waals surface area contributed by atoms with Gasteiger partial charge in [-0.25, -0.2) is 13.6 Å². The molecule has 6 heteroatoms. The number of nitriles is 1. The molecule has 0 amide bonds. The molecule has 0 aliphatic carbocycles. The Morgan fingerprint density at radius 2 is 1.21 bits per heavy atom. The minimum atomic E-state index is -1.30. The molecular formula is C22H14F2N2O2. The number of aliphatic carboxylic acids is 1. The Labute approximate surface area is 160 Å². The van der Waals surface area contributed by atoms with Gasteiger partial charge in [0.1, 0.15) is 23.3 Å². The number of carboxylic acids is 1. The minimum absolute atomic E-state index is 0.373. The van der Waals surface area contributed by atoms with Crippen LogP contribution >= 0.6 is 0 Å². The van der Waals surface area contributed by atoms with Crippen molar-refractivity contribution in [3.05, 3.63) is 95.6 Å². The third kappa shape index (κ3) is 4.22. The maximum Gasteiger partial charge on any atom is 0.346 e. The number of hydrogen-bond acceptors (Lipinski definition) is 3. The van der Waals surface area contributed by atoms with Gasteiger partial charge in [0.05, 0.1) is 0 Å². The van der Waals surface area contributed by atoms with E-state index in [1.165, 1.54) is 30.3 Å². The first kappa shape index (κ1) is 18.8.